The van der Waals surface area contributed by atoms with E-state index in [-0.39, 0.29) is 0 Å². The molecule has 0 aliphatic rings. The Balaban J connectivity index is 1.72. The van der Waals surface area contributed by atoms with Crippen molar-refractivity contribution in [3.8, 4) is 11.5 Å². The summed E-state index contributed by atoms with van der Waals surface area (Å²) >= 11 is 5.11. The van der Waals surface area contributed by atoms with Crippen LogP contribution in [0.3, 0.4) is 0 Å². The molecule has 0 radical (unpaired) electrons. The van der Waals surface area contributed by atoms with Gasteiger partial charge in [0.05, 0.1) is 0 Å². The molecular weight excluding hydrogens is 324 g/mol. The maximum atomic E-state index is 5.61. The lowest BCUT2D eigenvalue weighted by Gasteiger charge is -2.08. The van der Waals surface area contributed by atoms with Crippen molar-refractivity contribution in [3.05, 3.63) is 53.0 Å². The summed E-state index contributed by atoms with van der Waals surface area (Å²) in [6, 6.07) is 15.8. The van der Waals surface area contributed by atoms with Gasteiger partial charge in [-0.2, -0.15) is 0 Å². The van der Waals surface area contributed by atoms with Crippen LogP contribution in [0.25, 0.3) is 0 Å². The van der Waals surface area contributed by atoms with Gasteiger partial charge in [0.2, 0.25) is 0 Å². The van der Waals surface area contributed by atoms with Crippen molar-refractivity contribution in [1.82, 2.24) is 0 Å². The monoisotopic (exact) mass is 338 g/mol. The van der Waals surface area contributed by atoms with E-state index >= 15 is 0 Å². The molecule has 0 saturated heterocycles. The lowest BCUT2D eigenvalue weighted by Crippen LogP contribution is -2.08. The van der Waals surface area contributed by atoms with Gasteiger partial charge in [-0.05, 0) is 54.8 Å². The molecule has 0 bridgehead atoms. The first-order chi connectivity index (χ1) is 9.28. The summed E-state index contributed by atoms with van der Waals surface area (Å²) in [5.41, 5.74) is 0. The summed E-state index contributed by atoms with van der Waals surface area (Å²) in [6.45, 7) is 1.07. The van der Waals surface area contributed by atoms with E-state index in [9.17, 15) is 0 Å². The van der Waals surface area contributed by atoms with Gasteiger partial charge in [0.25, 0.3) is 0 Å². The Morgan fingerprint density at radius 1 is 0.842 bits per heavy atom. The maximum absolute atomic E-state index is 5.61. The molecule has 2 rings (SSSR count). The maximum Gasteiger partial charge on any atom is 0.122 e. The lowest BCUT2D eigenvalue weighted by atomic mass is 10.3. The van der Waals surface area contributed by atoms with Crippen molar-refractivity contribution in [1.29, 1.82) is 0 Å². The van der Waals surface area contributed by atoms with E-state index < -0.39 is 0 Å². The molecule has 0 aliphatic heterocycles. The molecule has 2 aromatic rings. The van der Waals surface area contributed by atoms with Crippen LogP contribution in [0.2, 0.25) is 0 Å². The second-order valence-corrected chi connectivity index (χ2v) is 5.62. The fourth-order valence-electron chi connectivity index (χ4n) is 1.52. The number of hydrogen-bond donors (Lipinski definition) is 0. The highest BCUT2D eigenvalue weighted by Crippen LogP contribution is 2.19. The van der Waals surface area contributed by atoms with Gasteiger partial charge in [-0.15, -0.1) is 11.8 Å². The van der Waals surface area contributed by atoms with Crippen LogP contribution in [-0.2, 0) is 0 Å². The van der Waals surface area contributed by atoms with E-state index in [1.165, 1.54) is 4.90 Å². The second-order valence-electron chi connectivity index (χ2n) is 3.83. The van der Waals surface area contributed by atoms with Crippen molar-refractivity contribution in [3.63, 3.8) is 0 Å². The smallest absolute Gasteiger partial charge is 0.122 e. The van der Waals surface area contributed by atoms with Gasteiger partial charge in [-0.1, -0.05) is 15.9 Å². The standard InChI is InChI=1S/C15H15BrO2S/c1-19-15-8-6-14(7-9-15)18-11-10-17-13-4-2-12(16)3-5-13/h2-9H,10-11H2,1H3. The molecule has 0 saturated carbocycles. The normalized spacial score (nSPS) is 10.2. The first kappa shape index (κ1) is 14.3. The minimum Gasteiger partial charge on any atom is -0.490 e. The molecule has 100 valence electrons. The first-order valence-electron chi connectivity index (χ1n) is 5.93. The Hall–Kier alpha value is -1.13. The molecule has 4 heteroatoms. The predicted octanol–water partition coefficient (Wildman–Crippen LogP) is 4.63. The van der Waals surface area contributed by atoms with Crippen LogP contribution in [0.4, 0.5) is 0 Å². The highest BCUT2D eigenvalue weighted by molar-refractivity contribution is 9.10. The molecule has 0 aromatic heterocycles. The predicted molar refractivity (Wildman–Crippen MR) is 83.4 cm³/mol. The van der Waals surface area contributed by atoms with Crippen LogP contribution in [0.15, 0.2) is 57.9 Å². The van der Waals surface area contributed by atoms with E-state index in [0.29, 0.717) is 13.2 Å². The minimum atomic E-state index is 0.534. The third kappa shape index (κ3) is 4.80. The average molecular weight is 339 g/mol. The first-order valence-corrected chi connectivity index (χ1v) is 7.95. The Labute approximate surface area is 126 Å². The summed E-state index contributed by atoms with van der Waals surface area (Å²) in [5.74, 6) is 1.72. The van der Waals surface area contributed by atoms with E-state index in [1.54, 1.807) is 11.8 Å². The van der Waals surface area contributed by atoms with Crippen molar-refractivity contribution in [2.45, 2.75) is 4.90 Å². The number of thioether (sulfide) groups is 1. The Bertz CT molecular complexity index is 497. The Kier molecular flexibility index (Phi) is 5.61. The molecule has 2 nitrogen and oxygen atoms in total. The van der Waals surface area contributed by atoms with Crippen molar-refractivity contribution < 1.29 is 9.47 Å². The van der Waals surface area contributed by atoms with Crippen LogP contribution in [-0.4, -0.2) is 19.5 Å². The highest BCUT2D eigenvalue weighted by Gasteiger charge is 1.96. The van der Waals surface area contributed by atoms with Crippen LogP contribution in [0.1, 0.15) is 0 Å². The second kappa shape index (κ2) is 7.46. The molecule has 0 fully saturated rings. The van der Waals surface area contributed by atoms with Gasteiger partial charge < -0.3 is 9.47 Å². The van der Waals surface area contributed by atoms with Crippen LogP contribution < -0.4 is 9.47 Å². The van der Waals surface area contributed by atoms with Crippen LogP contribution in [0, 0.1) is 0 Å². The molecule has 0 amide bonds. The molecule has 0 atom stereocenters. The zero-order valence-electron chi connectivity index (χ0n) is 10.6. The SMILES string of the molecule is CSc1ccc(OCCOc2ccc(Br)cc2)cc1. The fourth-order valence-corrected chi connectivity index (χ4v) is 2.19. The summed E-state index contributed by atoms with van der Waals surface area (Å²) in [4.78, 5) is 1.23. The fraction of sp³-hybridized carbons (Fsp3) is 0.200. The summed E-state index contributed by atoms with van der Waals surface area (Å²) in [5, 5.41) is 0. The third-order valence-electron chi connectivity index (χ3n) is 2.49. The van der Waals surface area contributed by atoms with Gasteiger partial charge in [0.1, 0.15) is 24.7 Å². The van der Waals surface area contributed by atoms with E-state index in [0.717, 1.165) is 16.0 Å². The van der Waals surface area contributed by atoms with E-state index in [1.807, 2.05) is 36.4 Å². The van der Waals surface area contributed by atoms with Gasteiger partial charge in [-0.3, -0.25) is 0 Å². The lowest BCUT2D eigenvalue weighted by molar-refractivity contribution is 0.217. The van der Waals surface area contributed by atoms with Crippen LogP contribution in [0.5, 0.6) is 11.5 Å². The summed E-state index contributed by atoms with van der Waals surface area (Å²) < 4.78 is 12.2. The molecule has 0 N–H and O–H groups in total. The number of hydrogen-bond acceptors (Lipinski definition) is 3. The number of ether oxygens (including phenoxy) is 2. The molecule has 0 spiro atoms. The van der Waals surface area contributed by atoms with E-state index in [4.69, 9.17) is 9.47 Å². The average Bonchev–Trinajstić information content (AvgIpc) is 2.46. The highest BCUT2D eigenvalue weighted by atomic mass is 79.9. The molecule has 0 unspecified atom stereocenters. The number of benzene rings is 2. The summed E-state index contributed by atoms with van der Waals surface area (Å²) in [7, 11) is 0. The van der Waals surface area contributed by atoms with Gasteiger partial charge in [0.15, 0.2) is 0 Å². The van der Waals surface area contributed by atoms with Crippen molar-refractivity contribution in [2.24, 2.45) is 0 Å². The zero-order chi connectivity index (χ0) is 13.5. The van der Waals surface area contributed by atoms with Gasteiger partial charge in [-0.25, -0.2) is 0 Å². The molecular formula is C15H15BrO2S. The van der Waals surface area contributed by atoms with Crippen molar-refractivity contribution in [2.75, 3.05) is 19.5 Å². The number of halogens is 1. The third-order valence-corrected chi connectivity index (χ3v) is 3.77. The van der Waals surface area contributed by atoms with Crippen molar-refractivity contribution >= 4 is 27.7 Å². The molecule has 0 heterocycles. The summed E-state index contributed by atoms with van der Waals surface area (Å²) in [6.07, 6.45) is 2.06. The van der Waals surface area contributed by atoms with Gasteiger partial charge >= 0.3 is 0 Å². The van der Waals surface area contributed by atoms with E-state index in [2.05, 4.69) is 34.3 Å². The van der Waals surface area contributed by atoms with Crippen LogP contribution >= 0.6 is 27.7 Å². The quantitative estimate of drug-likeness (QED) is 0.565. The largest absolute Gasteiger partial charge is 0.490 e. The molecule has 0 aliphatic carbocycles. The zero-order valence-corrected chi connectivity index (χ0v) is 13.0. The minimum absolute atomic E-state index is 0.534. The topological polar surface area (TPSA) is 18.5 Å². The molecule has 2 aromatic carbocycles. The Morgan fingerprint density at radius 3 is 1.79 bits per heavy atom. The Morgan fingerprint density at radius 2 is 1.32 bits per heavy atom. The van der Waals surface area contributed by atoms with Gasteiger partial charge in [0, 0.05) is 9.37 Å². The number of rotatable bonds is 6. The molecule has 19 heavy (non-hydrogen) atoms.